The predicted molar refractivity (Wildman–Crippen MR) is 70.4 cm³/mol. The van der Waals surface area contributed by atoms with Crippen molar-refractivity contribution in [2.24, 2.45) is 5.92 Å². The quantitative estimate of drug-likeness (QED) is 0.832. The molecule has 0 spiro atoms. The second kappa shape index (κ2) is 5.07. The average Bonchev–Trinajstić information content (AvgIpc) is 2.44. The standard InChI is InChI=1S/C13H17ClN2O/c1-9-7-15-10(2)13(17)16(8-9)12-5-3-11(14)4-6-12/h3-6,9-10,15H,7-8H2,1-2H3. The summed E-state index contributed by atoms with van der Waals surface area (Å²) in [7, 11) is 0. The van der Waals surface area contributed by atoms with Gasteiger partial charge in [-0.05, 0) is 37.1 Å². The van der Waals surface area contributed by atoms with Crippen LogP contribution in [0.1, 0.15) is 13.8 Å². The molecule has 0 aliphatic carbocycles. The summed E-state index contributed by atoms with van der Waals surface area (Å²) < 4.78 is 0. The van der Waals surface area contributed by atoms with E-state index >= 15 is 0 Å². The lowest BCUT2D eigenvalue weighted by molar-refractivity contribution is -0.119. The molecular formula is C13H17ClN2O. The highest BCUT2D eigenvalue weighted by molar-refractivity contribution is 6.30. The highest BCUT2D eigenvalue weighted by Gasteiger charge is 2.26. The van der Waals surface area contributed by atoms with Crippen LogP contribution < -0.4 is 10.2 Å². The van der Waals surface area contributed by atoms with Gasteiger partial charge < -0.3 is 10.2 Å². The molecule has 0 saturated carbocycles. The van der Waals surface area contributed by atoms with Crippen LogP contribution >= 0.6 is 11.6 Å². The van der Waals surface area contributed by atoms with Gasteiger partial charge in [0.05, 0.1) is 6.04 Å². The van der Waals surface area contributed by atoms with E-state index in [2.05, 4.69) is 12.2 Å². The largest absolute Gasteiger partial charge is 0.311 e. The van der Waals surface area contributed by atoms with Gasteiger partial charge in [-0.25, -0.2) is 0 Å². The van der Waals surface area contributed by atoms with E-state index in [-0.39, 0.29) is 11.9 Å². The Hall–Kier alpha value is -1.06. The molecule has 2 rings (SSSR count). The van der Waals surface area contributed by atoms with E-state index in [0.717, 1.165) is 18.8 Å². The molecule has 1 fully saturated rings. The lowest BCUT2D eigenvalue weighted by atomic mass is 10.1. The van der Waals surface area contributed by atoms with E-state index in [9.17, 15) is 4.79 Å². The summed E-state index contributed by atoms with van der Waals surface area (Å²) in [5, 5.41) is 3.93. The molecule has 1 aliphatic heterocycles. The number of nitrogens with zero attached hydrogens (tertiary/aromatic N) is 1. The third kappa shape index (κ3) is 2.79. The lowest BCUT2D eigenvalue weighted by Gasteiger charge is -2.24. The van der Waals surface area contributed by atoms with E-state index in [4.69, 9.17) is 11.6 Å². The van der Waals surface area contributed by atoms with Crippen LogP contribution in [-0.4, -0.2) is 25.0 Å². The van der Waals surface area contributed by atoms with Crippen LogP contribution in [0.5, 0.6) is 0 Å². The Bertz CT molecular complexity index is 404. The fraction of sp³-hybridized carbons (Fsp3) is 0.462. The molecule has 0 bridgehead atoms. The second-order valence-corrected chi connectivity index (χ2v) is 5.10. The topological polar surface area (TPSA) is 32.3 Å². The number of halogens is 1. The number of hydrogen-bond acceptors (Lipinski definition) is 2. The first kappa shape index (κ1) is 12.4. The Kier molecular flexibility index (Phi) is 3.69. The number of rotatable bonds is 1. The minimum Gasteiger partial charge on any atom is -0.311 e. The molecule has 0 radical (unpaired) electrons. The summed E-state index contributed by atoms with van der Waals surface area (Å²) in [6, 6.07) is 7.29. The van der Waals surface area contributed by atoms with Crippen molar-refractivity contribution in [3.05, 3.63) is 29.3 Å². The number of carbonyl (C=O) groups excluding carboxylic acids is 1. The number of hydrogen-bond donors (Lipinski definition) is 1. The molecule has 1 aromatic carbocycles. The van der Waals surface area contributed by atoms with Crippen LogP contribution in [0.3, 0.4) is 0 Å². The van der Waals surface area contributed by atoms with Crippen LogP contribution in [0.4, 0.5) is 5.69 Å². The van der Waals surface area contributed by atoms with Gasteiger partial charge in [-0.1, -0.05) is 18.5 Å². The Morgan fingerprint density at radius 2 is 1.94 bits per heavy atom. The van der Waals surface area contributed by atoms with Crippen molar-refractivity contribution in [2.75, 3.05) is 18.0 Å². The molecule has 1 N–H and O–H groups in total. The fourth-order valence-electron chi connectivity index (χ4n) is 2.02. The molecule has 1 amide bonds. The molecular weight excluding hydrogens is 236 g/mol. The van der Waals surface area contributed by atoms with Gasteiger partial charge >= 0.3 is 0 Å². The summed E-state index contributed by atoms with van der Waals surface area (Å²) >= 11 is 5.86. The molecule has 1 aliphatic rings. The van der Waals surface area contributed by atoms with Crippen molar-refractivity contribution in [1.29, 1.82) is 0 Å². The van der Waals surface area contributed by atoms with Gasteiger partial charge in [0.15, 0.2) is 0 Å². The van der Waals surface area contributed by atoms with Crippen LogP contribution in [0.15, 0.2) is 24.3 Å². The number of amides is 1. The minimum atomic E-state index is -0.129. The van der Waals surface area contributed by atoms with Crippen molar-refractivity contribution < 1.29 is 4.79 Å². The van der Waals surface area contributed by atoms with Crippen molar-refractivity contribution in [2.45, 2.75) is 19.9 Å². The molecule has 1 aromatic rings. The molecule has 3 nitrogen and oxygen atoms in total. The monoisotopic (exact) mass is 252 g/mol. The maximum absolute atomic E-state index is 12.2. The summed E-state index contributed by atoms with van der Waals surface area (Å²) in [5.41, 5.74) is 0.918. The minimum absolute atomic E-state index is 0.122. The van der Waals surface area contributed by atoms with E-state index in [1.54, 1.807) is 0 Å². The van der Waals surface area contributed by atoms with Crippen molar-refractivity contribution >= 4 is 23.2 Å². The van der Waals surface area contributed by atoms with Crippen LogP contribution in [0.2, 0.25) is 5.02 Å². The highest BCUT2D eigenvalue weighted by atomic mass is 35.5. The smallest absolute Gasteiger partial charge is 0.243 e. The van der Waals surface area contributed by atoms with E-state index < -0.39 is 0 Å². The van der Waals surface area contributed by atoms with Crippen LogP contribution in [0.25, 0.3) is 0 Å². The normalized spacial score (nSPS) is 25.8. The Labute approximate surface area is 107 Å². The van der Waals surface area contributed by atoms with Gasteiger partial charge in [0.25, 0.3) is 0 Å². The Morgan fingerprint density at radius 3 is 2.59 bits per heavy atom. The van der Waals surface area contributed by atoms with E-state index in [1.807, 2.05) is 36.1 Å². The van der Waals surface area contributed by atoms with Gasteiger partial charge in [0.2, 0.25) is 5.91 Å². The van der Waals surface area contributed by atoms with Gasteiger partial charge in [-0.15, -0.1) is 0 Å². The first-order valence-corrected chi connectivity index (χ1v) is 6.26. The van der Waals surface area contributed by atoms with Crippen molar-refractivity contribution in [3.8, 4) is 0 Å². The molecule has 2 unspecified atom stereocenters. The third-order valence-electron chi connectivity index (χ3n) is 3.04. The second-order valence-electron chi connectivity index (χ2n) is 4.66. The summed E-state index contributed by atoms with van der Waals surface area (Å²) in [6.07, 6.45) is 0. The summed E-state index contributed by atoms with van der Waals surface area (Å²) in [4.78, 5) is 14.0. The van der Waals surface area contributed by atoms with Crippen molar-refractivity contribution in [3.63, 3.8) is 0 Å². The zero-order valence-electron chi connectivity index (χ0n) is 10.1. The molecule has 0 aromatic heterocycles. The SMILES string of the molecule is CC1CNC(C)C(=O)N(c2ccc(Cl)cc2)C1. The maximum atomic E-state index is 12.2. The molecule has 1 saturated heterocycles. The number of anilines is 1. The van der Waals surface area contributed by atoms with Gasteiger partial charge in [0, 0.05) is 23.8 Å². The number of nitrogens with one attached hydrogen (secondary N) is 1. The van der Waals surface area contributed by atoms with Gasteiger partial charge in [-0.3, -0.25) is 4.79 Å². The predicted octanol–water partition coefficient (Wildman–Crippen LogP) is 2.30. The van der Waals surface area contributed by atoms with Crippen LogP contribution in [-0.2, 0) is 4.79 Å². The zero-order valence-corrected chi connectivity index (χ0v) is 10.9. The molecule has 4 heteroatoms. The number of carbonyl (C=O) groups is 1. The Balaban J connectivity index is 2.27. The van der Waals surface area contributed by atoms with E-state index in [0.29, 0.717) is 10.9 Å². The first-order chi connectivity index (χ1) is 8.08. The number of benzene rings is 1. The Morgan fingerprint density at radius 1 is 1.29 bits per heavy atom. The fourth-order valence-corrected chi connectivity index (χ4v) is 2.14. The lowest BCUT2D eigenvalue weighted by Crippen LogP contribution is -2.41. The molecule has 2 atom stereocenters. The van der Waals surface area contributed by atoms with Crippen molar-refractivity contribution in [1.82, 2.24) is 5.32 Å². The maximum Gasteiger partial charge on any atom is 0.243 e. The third-order valence-corrected chi connectivity index (χ3v) is 3.29. The van der Waals surface area contributed by atoms with Gasteiger partial charge in [0.1, 0.15) is 0 Å². The highest BCUT2D eigenvalue weighted by Crippen LogP contribution is 2.21. The van der Waals surface area contributed by atoms with Gasteiger partial charge in [-0.2, -0.15) is 0 Å². The summed E-state index contributed by atoms with van der Waals surface area (Å²) in [5.74, 6) is 0.566. The molecule has 1 heterocycles. The average molecular weight is 253 g/mol. The molecule has 92 valence electrons. The molecule has 17 heavy (non-hydrogen) atoms. The first-order valence-electron chi connectivity index (χ1n) is 5.88. The van der Waals surface area contributed by atoms with Crippen LogP contribution in [0, 0.1) is 5.92 Å². The van der Waals surface area contributed by atoms with E-state index in [1.165, 1.54) is 0 Å². The zero-order chi connectivity index (χ0) is 12.4. The summed E-state index contributed by atoms with van der Waals surface area (Å²) in [6.45, 7) is 5.67.